The highest BCUT2D eigenvalue weighted by atomic mass is 16.5. The van der Waals surface area contributed by atoms with Crippen LogP contribution in [-0.4, -0.2) is 29.2 Å². The molecule has 2 amide bonds. The molecule has 0 saturated heterocycles. The molecule has 1 aliphatic carbocycles. The fourth-order valence-electron chi connectivity index (χ4n) is 2.76. The van der Waals surface area contributed by atoms with Gasteiger partial charge in [-0.1, -0.05) is 6.07 Å². The zero-order chi connectivity index (χ0) is 17.5. The standard InChI is InChI=1S/C18H22N4O3/c1-24-17-15(7-4-10-19-17)22-18(23)21-12-13-8-9-16(20-11-13)25-14-5-2-3-6-14/h4,7-11,14H,2-3,5-6,12H2,1H3,(H2,21,22,23). The molecule has 2 aromatic rings. The van der Waals surface area contributed by atoms with Crippen LogP contribution in [0.4, 0.5) is 10.5 Å². The topological polar surface area (TPSA) is 85.4 Å². The Bertz CT molecular complexity index is 700. The van der Waals surface area contributed by atoms with Gasteiger partial charge in [0.2, 0.25) is 11.8 Å². The summed E-state index contributed by atoms with van der Waals surface area (Å²) >= 11 is 0. The van der Waals surface area contributed by atoms with Crippen molar-refractivity contribution in [3.8, 4) is 11.8 Å². The highest BCUT2D eigenvalue weighted by Gasteiger charge is 2.16. The van der Waals surface area contributed by atoms with Crippen molar-refractivity contribution in [2.75, 3.05) is 12.4 Å². The Balaban J connectivity index is 1.48. The van der Waals surface area contributed by atoms with E-state index in [-0.39, 0.29) is 12.1 Å². The number of ether oxygens (including phenoxy) is 2. The Morgan fingerprint density at radius 3 is 2.80 bits per heavy atom. The lowest BCUT2D eigenvalue weighted by atomic mass is 10.3. The molecule has 2 heterocycles. The van der Waals surface area contributed by atoms with Crippen LogP contribution in [0.25, 0.3) is 0 Å². The first-order valence-electron chi connectivity index (χ1n) is 8.40. The van der Waals surface area contributed by atoms with Crippen LogP contribution in [0.2, 0.25) is 0 Å². The molecule has 25 heavy (non-hydrogen) atoms. The summed E-state index contributed by atoms with van der Waals surface area (Å²) in [6.07, 6.45) is 8.26. The molecule has 0 bridgehead atoms. The molecule has 2 aromatic heterocycles. The molecule has 0 atom stereocenters. The third-order valence-electron chi connectivity index (χ3n) is 4.05. The van der Waals surface area contributed by atoms with Crippen molar-refractivity contribution < 1.29 is 14.3 Å². The first kappa shape index (κ1) is 17.0. The number of amides is 2. The largest absolute Gasteiger partial charge is 0.480 e. The number of pyridine rings is 2. The second-order valence-corrected chi connectivity index (χ2v) is 5.90. The lowest BCUT2D eigenvalue weighted by Crippen LogP contribution is -2.28. The first-order chi connectivity index (χ1) is 12.2. The molecule has 0 unspecified atom stereocenters. The number of nitrogens with one attached hydrogen (secondary N) is 2. The molecule has 132 valence electrons. The molecular formula is C18H22N4O3. The van der Waals surface area contributed by atoms with E-state index in [1.165, 1.54) is 20.0 Å². The molecule has 1 fully saturated rings. The summed E-state index contributed by atoms with van der Waals surface area (Å²) in [5, 5.41) is 5.49. The number of urea groups is 1. The first-order valence-corrected chi connectivity index (χ1v) is 8.40. The number of carbonyl (C=O) groups is 1. The minimum absolute atomic E-state index is 0.289. The number of anilines is 1. The van der Waals surface area contributed by atoms with Crippen molar-refractivity contribution in [2.24, 2.45) is 0 Å². The van der Waals surface area contributed by atoms with Gasteiger partial charge in [-0.05, 0) is 43.4 Å². The zero-order valence-electron chi connectivity index (χ0n) is 14.2. The number of aromatic nitrogens is 2. The van der Waals surface area contributed by atoms with Crippen molar-refractivity contribution in [1.29, 1.82) is 0 Å². The maximum Gasteiger partial charge on any atom is 0.319 e. The summed E-state index contributed by atoms with van der Waals surface area (Å²) in [6, 6.07) is 6.87. The molecule has 3 rings (SSSR count). The Hall–Kier alpha value is -2.83. The smallest absolute Gasteiger partial charge is 0.319 e. The molecular weight excluding hydrogens is 320 g/mol. The van der Waals surface area contributed by atoms with Gasteiger partial charge in [-0.3, -0.25) is 0 Å². The van der Waals surface area contributed by atoms with E-state index in [9.17, 15) is 4.79 Å². The van der Waals surface area contributed by atoms with Gasteiger partial charge < -0.3 is 20.1 Å². The Kier molecular flexibility index (Phi) is 5.66. The monoisotopic (exact) mass is 342 g/mol. The van der Waals surface area contributed by atoms with E-state index < -0.39 is 0 Å². The molecule has 0 aliphatic heterocycles. The third-order valence-corrected chi connectivity index (χ3v) is 4.05. The predicted molar refractivity (Wildman–Crippen MR) is 93.8 cm³/mol. The summed E-state index contributed by atoms with van der Waals surface area (Å²) in [5.74, 6) is 1.01. The Morgan fingerprint density at radius 2 is 2.08 bits per heavy atom. The molecule has 2 N–H and O–H groups in total. The zero-order valence-corrected chi connectivity index (χ0v) is 14.2. The van der Waals surface area contributed by atoms with Gasteiger partial charge in [-0.15, -0.1) is 0 Å². The van der Waals surface area contributed by atoms with Crippen LogP contribution < -0.4 is 20.1 Å². The second-order valence-electron chi connectivity index (χ2n) is 5.90. The van der Waals surface area contributed by atoms with E-state index in [0.717, 1.165) is 18.4 Å². The van der Waals surface area contributed by atoms with Gasteiger partial charge >= 0.3 is 6.03 Å². The lowest BCUT2D eigenvalue weighted by molar-refractivity contribution is 0.201. The van der Waals surface area contributed by atoms with E-state index in [2.05, 4.69) is 20.6 Å². The van der Waals surface area contributed by atoms with E-state index >= 15 is 0 Å². The summed E-state index contributed by atoms with van der Waals surface area (Å²) in [7, 11) is 1.51. The maximum absolute atomic E-state index is 12.0. The summed E-state index contributed by atoms with van der Waals surface area (Å²) in [4.78, 5) is 20.3. The second kappa shape index (κ2) is 8.32. The molecule has 0 aromatic carbocycles. The Morgan fingerprint density at radius 1 is 1.24 bits per heavy atom. The minimum atomic E-state index is -0.336. The number of methoxy groups -OCH3 is 1. The number of rotatable bonds is 6. The maximum atomic E-state index is 12.0. The van der Waals surface area contributed by atoms with Gasteiger partial charge in [0, 0.05) is 25.0 Å². The van der Waals surface area contributed by atoms with E-state index in [4.69, 9.17) is 9.47 Å². The van der Waals surface area contributed by atoms with Gasteiger partial charge in [0.25, 0.3) is 0 Å². The SMILES string of the molecule is COc1ncccc1NC(=O)NCc1ccc(OC2CCCC2)nc1. The molecule has 1 aliphatic rings. The summed E-state index contributed by atoms with van der Waals surface area (Å²) in [6.45, 7) is 0.366. The van der Waals surface area contributed by atoms with Gasteiger partial charge in [-0.25, -0.2) is 14.8 Å². The van der Waals surface area contributed by atoms with Crippen molar-refractivity contribution in [3.63, 3.8) is 0 Å². The van der Waals surface area contributed by atoms with Crippen LogP contribution in [-0.2, 0) is 6.54 Å². The van der Waals surface area contributed by atoms with Crippen LogP contribution >= 0.6 is 0 Å². The number of hydrogen-bond acceptors (Lipinski definition) is 5. The third kappa shape index (κ3) is 4.82. The van der Waals surface area contributed by atoms with Gasteiger partial charge in [0.1, 0.15) is 11.8 Å². The van der Waals surface area contributed by atoms with Crippen LogP contribution in [0.1, 0.15) is 31.2 Å². The highest BCUT2D eigenvalue weighted by molar-refractivity contribution is 5.90. The van der Waals surface area contributed by atoms with Crippen molar-refractivity contribution in [1.82, 2.24) is 15.3 Å². The van der Waals surface area contributed by atoms with E-state index in [0.29, 0.717) is 24.0 Å². The van der Waals surface area contributed by atoms with Gasteiger partial charge in [-0.2, -0.15) is 0 Å². The molecule has 0 spiro atoms. The normalized spacial score (nSPS) is 14.1. The lowest BCUT2D eigenvalue weighted by Gasteiger charge is -2.12. The van der Waals surface area contributed by atoms with Gasteiger partial charge in [0.15, 0.2) is 0 Å². The van der Waals surface area contributed by atoms with Crippen molar-refractivity contribution in [3.05, 3.63) is 42.2 Å². The molecule has 7 heteroatoms. The average molecular weight is 342 g/mol. The summed E-state index contributed by atoms with van der Waals surface area (Å²) in [5.41, 5.74) is 1.41. The van der Waals surface area contributed by atoms with Gasteiger partial charge in [0.05, 0.1) is 7.11 Å². The van der Waals surface area contributed by atoms with E-state index in [1.807, 2.05) is 12.1 Å². The van der Waals surface area contributed by atoms with Crippen LogP contribution in [0.3, 0.4) is 0 Å². The number of hydrogen-bond donors (Lipinski definition) is 2. The Labute approximate surface area is 146 Å². The fraction of sp³-hybridized carbons (Fsp3) is 0.389. The highest BCUT2D eigenvalue weighted by Crippen LogP contribution is 2.23. The van der Waals surface area contributed by atoms with Crippen LogP contribution in [0.5, 0.6) is 11.8 Å². The van der Waals surface area contributed by atoms with Crippen LogP contribution in [0, 0.1) is 0 Å². The van der Waals surface area contributed by atoms with E-state index in [1.54, 1.807) is 24.5 Å². The molecule has 0 radical (unpaired) electrons. The quantitative estimate of drug-likeness (QED) is 0.842. The number of nitrogens with zero attached hydrogens (tertiary/aromatic N) is 2. The average Bonchev–Trinajstić information content (AvgIpc) is 3.15. The van der Waals surface area contributed by atoms with Crippen molar-refractivity contribution in [2.45, 2.75) is 38.3 Å². The molecule has 7 nitrogen and oxygen atoms in total. The minimum Gasteiger partial charge on any atom is -0.480 e. The van der Waals surface area contributed by atoms with Crippen LogP contribution in [0.15, 0.2) is 36.7 Å². The predicted octanol–water partition coefficient (Wildman–Crippen LogP) is 3.13. The fourth-order valence-corrected chi connectivity index (χ4v) is 2.76. The molecule has 1 saturated carbocycles. The number of carbonyl (C=O) groups excluding carboxylic acids is 1. The summed E-state index contributed by atoms with van der Waals surface area (Å²) < 4.78 is 10.9. The van der Waals surface area contributed by atoms with Crippen molar-refractivity contribution >= 4 is 11.7 Å².